The lowest BCUT2D eigenvalue weighted by Crippen LogP contribution is -1.95. The number of aryl methyl sites for hydroxylation is 1. The number of aromatic nitrogens is 4. The van der Waals surface area contributed by atoms with Crippen LogP contribution in [0.15, 0.2) is 54.4 Å². The van der Waals surface area contributed by atoms with Gasteiger partial charge in [-0.1, -0.05) is 30.3 Å². The van der Waals surface area contributed by atoms with E-state index in [0.29, 0.717) is 0 Å². The van der Waals surface area contributed by atoms with Crippen LogP contribution in [0.25, 0.3) is 21.3 Å². The Bertz CT molecular complexity index is 942. The minimum Gasteiger partial charge on any atom is -0.337 e. The van der Waals surface area contributed by atoms with Crippen molar-refractivity contribution in [3.05, 3.63) is 54.4 Å². The van der Waals surface area contributed by atoms with Crippen molar-refractivity contribution in [2.24, 2.45) is 0 Å². The van der Waals surface area contributed by atoms with Crippen molar-refractivity contribution in [3.8, 4) is 11.1 Å². The Morgan fingerprint density at radius 2 is 2.04 bits per heavy atom. The topological polar surface area (TPSA) is 55.6 Å². The number of hydrogen-bond donors (Lipinski definition) is 1. The van der Waals surface area contributed by atoms with E-state index >= 15 is 0 Å². The van der Waals surface area contributed by atoms with Crippen LogP contribution in [0.2, 0.25) is 0 Å². The molecule has 0 radical (unpaired) electrons. The summed E-state index contributed by atoms with van der Waals surface area (Å²) in [4.78, 5) is 9.82. The minimum atomic E-state index is 0.811. The van der Waals surface area contributed by atoms with Crippen molar-refractivity contribution in [1.29, 1.82) is 0 Å². The molecule has 0 aliphatic carbocycles. The Balaban J connectivity index is 1.82. The number of benzene rings is 1. The van der Waals surface area contributed by atoms with E-state index in [4.69, 9.17) is 0 Å². The Morgan fingerprint density at radius 1 is 1.17 bits per heavy atom. The van der Waals surface area contributed by atoms with Gasteiger partial charge in [0.1, 0.15) is 17.0 Å². The quantitative estimate of drug-likeness (QED) is 0.608. The first-order valence-corrected chi connectivity index (χ1v) is 8.30. The molecule has 0 aliphatic heterocycles. The van der Waals surface area contributed by atoms with Gasteiger partial charge >= 0.3 is 0 Å². The van der Waals surface area contributed by atoms with Crippen LogP contribution in [-0.4, -0.2) is 19.7 Å². The number of thiophene rings is 1. The molecule has 0 bridgehead atoms. The molecule has 4 rings (SSSR count). The number of anilines is 2. The van der Waals surface area contributed by atoms with Gasteiger partial charge in [0, 0.05) is 23.7 Å². The Labute approximate surface area is 137 Å². The van der Waals surface area contributed by atoms with Crippen molar-refractivity contribution in [2.75, 3.05) is 5.32 Å². The lowest BCUT2D eigenvalue weighted by atomic mass is 10.1. The summed E-state index contributed by atoms with van der Waals surface area (Å²) >= 11 is 1.63. The fourth-order valence-electron chi connectivity index (χ4n) is 2.54. The summed E-state index contributed by atoms with van der Waals surface area (Å²) < 4.78 is 1.88. The first-order chi connectivity index (χ1) is 11.3. The van der Waals surface area contributed by atoms with Crippen LogP contribution in [-0.2, 0) is 6.54 Å². The average Bonchev–Trinajstić information content (AvgIpc) is 3.23. The van der Waals surface area contributed by atoms with Crippen molar-refractivity contribution >= 4 is 33.1 Å². The molecule has 0 amide bonds. The van der Waals surface area contributed by atoms with Gasteiger partial charge in [0.15, 0.2) is 0 Å². The Morgan fingerprint density at radius 3 is 2.83 bits per heavy atom. The fraction of sp³-hybridized carbons (Fsp3) is 0.118. The number of nitrogens with one attached hydrogen (secondary N) is 1. The maximum Gasteiger partial charge on any atom is 0.143 e. The number of fused-ring (bicyclic) bond motifs is 1. The third-order valence-electron chi connectivity index (χ3n) is 3.68. The highest BCUT2D eigenvalue weighted by atomic mass is 32.1. The molecule has 4 aromatic rings. The highest BCUT2D eigenvalue weighted by Crippen LogP contribution is 2.37. The lowest BCUT2D eigenvalue weighted by molar-refractivity contribution is 0.660. The molecule has 0 saturated carbocycles. The van der Waals surface area contributed by atoms with Crippen molar-refractivity contribution < 1.29 is 0 Å². The number of rotatable bonds is 4. The molecule has 0 atom stereocenters. The molecular weight excluding hydrogens is 306 g/mol. The Kier molecular flexibility index (Phi) is 3.51. The van der Waals surface area contributed by atoms with E-state index in [1.54, 1.807) is 17.7 Å². The monoisotopic (exact) mass is 321 g/mol. The minimum absolute atomic E-state index is 0.811. The zero-order valence-corrected chi connectivity index (χ0v) is 13.4. The van der Waals surface area contributed by atoms with E-state index in [1.165, 1.54) is 5.56 Å². The van der Waals surface area contributed by atoms with E-state index in [-0.39, 0.29) is 0 Å². The first-order valence-electron chi connectivity index (χ1n) is 7.42. The van der Waals surface area contributed by atoms with E-state index < -0.39 is 0 Å². The first kappa shape index (κ1) is 13.9. The van der Waals surface area contributed by atoms with Crippen molar-refractivity contribution in [1.82, 2.24) is 19.7 Å². The summed E-state index contributed by atoms with van der Waals surface area (Å²) in [5, 5.41) is 10.8. The molecular formula is C17H15N5S. The van der Waals surface area contributed by atoms with Gasteiger partial charge in [-0.05, 0) is 12.5 Å². The zero-order valence-electron chi connectivity index (χ0n) is 12.6. The third kappa shape index (κ3) is 2.57. The standard InChI is InChI=1S/C17H15N5S/c1-2-22-9-13(8-20-22)21-16-15-14(12-6-4-3-5-7-12)10-23-17(15)19-11-18-16/h3-11H,2H2,1H3,(H,18,19,21). The molecule has 114 valence electrons. The predicted octanol–water partition coefficient (Wildman–Crippen LogP) is 4.32. The number of hydrogen-bond acceptors (Lipinski definition) is 5. The average molecular weight is 321 g/mol. The Hall–Kier alpha value is -2.73. The smallest absolute Gasteiger partial charge is 0.143 e. The van der Waals surface area contributed by atoms with Crippen LogP contribution in [0.3, 0.4) is 0 Å². The van der Waals surface area contributed by atoms with Crippen LogP contribution in [0.5, 0.6) is 0 Å². The van der Waals surface area contributed by atoms with E-state index in [0.717, 1.165) is 33.8 Å². The molecule has 3 heterocycles. The van der Waals surface area contributed by atoms with Gasteiger partial charge in [-0.25, -0.2) is 9.97 Å². The summed E-state index contributed by atoms with van der Waals surface area (Å²) in [5.74, 6) is 0.811. The SMILES string of the molecule is CCn1cc(Nc2ncnc3scc(-c4ccccc4)c23)cn1. The number of nitrogens with zero attached hydrogens (tertiary/aromatic N) is 4. The molecule has 23 heavy (non-hydrogen) atoms. The van der Waals surface area contributed by atoms with Gasteiger partial charge in [0.25, 0.3) is 0 Å². The van der Waals surface area contributed by atoms with Gasteiger partial charge in [0.2, 0.25) is 0 Å². The molecule has 3 aromatic heterocycles. The van der Waals surface area contributed by atoms with Gasteiger partial charge in [-0.2, -0.15) is 5.10 Å². The molecule has 0 spiro atoms. The molecule has 0 aliphatic rings. The largest absolute Gasteiger partial charge is 0.337 e. The summed E-state index contributed by atoms with van der Waals surface area (Å²) in [6, 6.07) is 10.3. The van der Waals surface area contributed by atoms with Crippen molar-refractivity contribution in [3.63, 3.8) is 0 Å². The molecule has 6 heteroatoms. The fourth-order valence-corrected chi connectivity index (χ4v) is 3.45. The second kappa shape index (κ2) is 5.81. The molecule has 0 unspecified atom stereocenters. The highest BCUT2D eigenvalue weighted by Gasteiger charge is 2.13. The second-order valence-corrected chi connectivity index (χ2v) is 5.99. The summed E-state index contributed by atoms with van der Waals surface area (Å²) in [6.07, 6.45) is 5.38. The maximum absolute atomic E-state index is 4.44. The highest BCUT2D eigenvalue weighted by molar-refractivity contribution is 7.17. The lowest BCUT2D eigenvalue weighted by Gasteiger charge is -2.06. The molecule has 0 saturated heterocycles. The van der Waals surface area contributed by atoms with E-state index in [2.05, 4.69) is 44.8 Å². The van der Waals surface area contributed by atoms with Gasteiger partial charge in [-0.3, -0.25) is 4.68 Å². The summed E-state index contributed by atoms with van der Waals surface area (Å²) in [5.41, 5.74) is 3.24. The normalized spacial score (nSPS) is 11.0. The predicted molar refractivity (Wildman–Crippen MR) is 94.0 cm³/mol. The van der Waals surface area contributed by atoms with Crippen molar-refractivity contribution in [2.45, 2.75) is 13.5 Å². The van der Waals surface area contributed by atoms with Gasteiger partial charge in [-0.15, -0.1) is 11.3 Å². The van der Waals surface area contributed by atoms with E-state index in [1.807, 2.05) is 35.3 Å². The van der Waals surface area contributed by atoms with Crippen LogP contribution in [0.1, 0.15) is 6.92 Å². The summed E-state index contributed by atoms with van der Waals surface area (Å²) in [6.45, 7) is 2.90. The van der Waals surface area contributed by atoms with Crippen LogP contribution in [0, 0.1) is 0 Å². The van der Waals surface area contributed by atoms with Gasteiger partial charge in [0.05, 0.1) is 17.3 Å². The molecule has 5 nitrogen and oxygen atoms in total. The molecule has 1 N–H and O–H groups in total. The molecule has 1 aromatic carbocycles. The van der Waals surface area contributed by atoms with Crippen LogP contribution < -0.4 is 5.32 Å². The summed E-state index contributed by atoms with van der Waals surface area (Å²) in [7, 11) is 0. The van der Waals surface area contributed by atoms with Crippen LogP contribution >= 0.6 is 11.3 Å². The van der Waals surface area contributed by atoms with E-state index in [9.17, 15) is 0 Å². The molecule has 0 fully saturated rings. The second-order valence-electron chi connectivity index (χ2n) is 5.13. The van der Waals surface area contributed by atoms with Gasteiger partial charge < -0.3 is 5.32 Å². The maximum atomic E-state index is 4.44. The third-order valence-corrected chi connectivity index (χ3v) is 4.56. The zero-order chi connectivity index (χ0) is 15.6. The van der Waals surface area contributed by atoms with Crippen LogP contribution in [0.4, 0.5) is 11.5 Å².